The van der Waals surface area contributed by atoms with E-state index >= 15 is 0 Å². The molecule has 1 aromatic heterocycles. The smallest absolute Gasteiger partial charge is 0.260 e. The Hall–Kier alpha value is -7.24. The van der Waals surface area contributed by atoms with Crippen molar-refractivity contribution in [1.29, 1.82) is 0 Å². The van der Waals surface area contributed by atoms with E-state index in [1.54, 1.807) is 0 Å². The summed E-state index contributed by atoms with van der Waals surface area (Å²) in [5, 5.41) is 7.10. The van der Waals surface area contributed by atoms with E-state index in [2.05, 4.69) is 185 Å². The minimum Gasteiger partial charge on any atom is -0.458 e. The van der Waals surface area contributed by atoms with Crippen LogP contribution in [0.2, 0.25) is 0 Å². The Kier molecular flexibility index (Phi) is 6.40. The van der Waals surface area contributed by atoms with E-state index in [4.69, 9.17) is 9.47 Å². The van der Waals surface area contributed by atoms with Gasteiger partial charge in [0.1, 0.15) is 23.0 Å². The molecule has 0 fully saturated rings. The number of para-hydroxylation sites is 3. The van der Waals surface area contributed by atoms with E-state index < -0.39 is 0 Å². The molecular formula is C50H31BN2O2. The molecule has 0 atom stereocenters. The van der Waals surface area contributed by atoms with Crippen LogP contribution >= 0.6 is 0 Å². The summed E-state index contributed by atoms with van der Waals surface area (Å²) in [4.78, 5) is 2.43. The molecule has 12 rings (SSSR count). The van der Waals surface area contributed by atoms with Crippen LogP contribution in [0.4, 0.5) is 17.1 Å². The maximum Gasteiger partial charge on any atom is 0.260 e. The number of nitrogens with zero attached hydrogens (tertiary/aromatic N) is 2. The van der Waals surface area contributed by atoms with E-state index in [0.717, 1.165) is 78.6 Å². The lowest BCUT2D eigenvalue weighted by molar-refractivity contribution is 0.465. The number of rotatable bonds is 4. The second kappa shape index (κ2) is 11.6. The van der Waals surface area contributed by atoms with Gasteiger partial charge in [-0.2, -0.15) is 0 Å². The third kappa shape index (κ3) is 4.41. The summed E-state index contributed by atoms with van der Waals surface area (Å²) >= 11 is 0. The zero-order valence-corrected chi connectivity index (χ0v) is 29.7. The van der Waals surface area contributed by atoms with Crippen molar-refractivity contribution in [1.82, 2.24) is 4.57 Å². The molecule has 0 saturated carbocycles. The molecule has 9 aromatic carbocycles. The Morgan fingerprint density at radius 3 is 1.89 bits per heavy atom. The standard InChI is InChI=1S/C50H31BN2O2/c1-3-17-33(18-4-1)52(41-25-13-16-32-15-7-8-21-35(32)41)43-31-44-49(37-23-10-9-22-36(37)43)38-29-48-40(30-42(38)53(44)34-19-5-2-6-20-34)51-39-24-11-12-26-45(39)54-46-27-14-28-47(55-48)50(46)51/h1-31H. The summed E-state index contributed by atoms with van der Waals surface area (Å²) in [5.74, 6) is 3.46. The highest BCUT2D eigenvalue weighted by atomic mass is 16.5. The maximum atomic E-state index is 6.84. The predicted octanol–water partition coefficient (Wildman–Crippen LogP) is 11.3. The summed E-state index contributed by atoms with van der Waals surface area (Å²) in [6.07, 6.45) is 0. The number of ether oxygens (including phenoxy) is 2. The molecule has 5 heteroatoms. The van der Waals surface area contributed by atoms with E-state index in [1.807, 2.05) is 12.1 Å². The lowest BCUT2D eigenvalue weighted by Gasteiger charge is -2.32. The fraction of sp³-hybridized carbons (Fsp3) is 0. The number of aromatic nitrogens is 1. The van der Waals surface area contributed by atoms with Crippen LogP contribution in [0.25, 0.3) is 49.0 Å². The van der Waals surface area contributed by atoms with Gasteiger partial charge in [-0.15, -0.1) is 0 Å². The van der Waals surface area contributed by atoms with Crippen molar-refractivity contribution in [2.24, 2.45) is 0 Å². The minimum absolute atomic E-state index is 0.0289. The van der Waals surface area contributed by atoms with Gasteiger partial charge in [0, 0.05) is 38.4 Å². The van der Waals surface area contributed by atoms with Crippen LogP contribution < -0.4 is 30.8 Å². The number of hydrogen-bond donors (Lipinski definition) is 0. The molecule has 10 aromatic rings. The summed E-state index contributed by atoms with van der Waals surface area (Å²) in [7, 11) is 0. The second-order valence-corrected chi connectivity index (χ2v) is 14.4. The van der Waals surface area contributed by atoms with Crippen LogP contribution in [0.5, 0.6) is 23.0 Å². The molecule has 55 heavy (non-hydrogen) atoms. The number of anilines is 3. The van der Waals surface area contributed by atoms with Crippen LogP contribution in [-0.4, -0.2) is 11.3 Å². The Labute approximate surface area is 318 Å². The molecule has 0 radical (unpaired) electrons. The topological polar surface area (TPSA) is 26.6 Å². The van der Waals surface area contributed by atoms with Crippen molar-refractivity contribution in [2.75, 3.05) is 4.90 Å². The average Bonchev–Trinajstić information content (AvgIpc) is 3.56. The van der Waals surface area contributed by atoms with Crippen LogP contribution in [0.15, 0.2) is 188 Å². The molecule has 2 aliphatic heterocycles. The van der Waals surface area contributed by atoms with Crippen LogP contribution in [0.1, 0.15) is 0 Å². The summed E-state index contributed by atoms with van der Waals surface area (Å²) in [6.45, 7) is -0.0289. The summed E-state index contributed by atoms with van der Waals surface area (Å²) in [6, 6.07) is 67.2. The third-order valence-corrected chi connectivity index (χ3v) is 11.5. The van der Waals surface area contributed by atoms with Crippen molar-refractivity contribution in [3.05, 3.63) is 188 Å². The molecule has 0 N–H and O–H groups in total. The molecule has 0 amide bonds. The molecule has 0 saturated heterocycles. The normalized spacial score (nSPS) is 12.6. The van der Waals surface area contributed by atoms with Crippen LogP contribution in [0.3, 0.4) is 0 Å². The molecule has 2 aliphatic rings. The molecule has 3 heterocycles. The third-order valence-electron chi connectivity index (χ3n) is 11.5. The highest BCUT2D eigenvalue weighted by molar-refractivity contribution is 6.98. The SMILES string of the molecule is c1ccc(N(c2cccc3ccccc23)c2cc3c(c4ccccc24)c2cc4c(cc2n3-c2ccccc2)B2c3ccccc3Oc3cccc(c32)O4)cc1. The van der Waals surface area contributed by atoms with Crippen molar-refractivity contribution in [3.8, 4) is 28.7 Å². The Morgan fingerprint density at radius 2 is 1.05 bits per heavy atom. The number of fused-ring (bicyclic) bond motifs is 10. The highest BCUT2D eigenvalue weighted by Crippen LogP contribution is 2.47. The quantitative estimate of drug-likeness (QED) is 0.171. The summed E-state index contributed by atoms with van der Waals surface area (Å²) < 4.78 is 15.8. The maximum absolute atomic E-state index is 6.84. The van der Waals surface area contributed by atoms with E-state index in [-0.39, 0.29) is 6.71 Å². The predicted molar refractivity (Wildman–Crippen MR) is 228 cm³/mol. The van der Waals surface area contributed by atoms with Gasteiger partial charge in [-0.3, -0.25) is 0 Å². The zero-order valence-electron chi connectivity index (χ0n) is 29.7. The van der Waals surface area contributed by atoms with Gasteiger partial charge in [0.2, 0.25) is 0 Å². The Morgan fingerprint density at radius 1 is 0.418 bits per heavy atom. The fourth-order valence-corrected chi connectivity index (χ4v) is 9.16. The van der Waals surface area contributed by atoms with E-state index in [0.29, 0.717) is 0 Å². The average molecular weight is 703 g/mol. The van der Waals surface area contributed by atoms with Gasteiger partial charge >= 0.3 is 0 Å². The van der Waals surface area contributed by atoms with Gasteiger partial charge in [0.05, 0.1) is 22.4 Å². The van der Waals surface area contributed by atoms with E-state index in [1.165, 1.54) is 26.9 Å². The van der Waals surface area contributed by atoms with Crippen molar-refractivity contribution < 1.29 is 9.47 Å². The van der Waals surface area contributed by atoms with Gasteiger partial charge in [-0.05, 0) is 88.4 Å². The molecular weight excluding hydrogens is 671 g/mol. The lowest BCUT2D eigenvalue weighted by Crippen LogP contribution is -2.57. The van der Waals surface area contributed by atoms with Crippen molar-refractivity contribution in [2.45, 2.75) is 0 Å². The van der Waals surface area contributed by atoms with Crippen LogP contribution in [-0.2, 0) is 0 Å². The highest BCUT2D eigenvalue weighted by Gasteiger charge is 2.40. The molecule has 0 bridgehead atoms. The lowest BCUT2D eigenvalue weighted by atomic mass is 9.35. The monoisotopic (exact) mass is 702 g/mol. The fourth-order valence-electron chi connectivity index (χ4n) is 9.16. The number of hydrogen-bond acceptors (Lipinski definition) is 3. The molecule has 4 nitrogen and oxygen atoms in total. The van der Waals surface area contributed by atoms with Gasteiger partial charge < -0.3 is 18.9 Å². The van der Waals surface area contributed by atoms with Crippen molar-refractivity contribution in [3.63, 3.8) is 0 Å². The molecule has 256 valence electrons. The largest absolute Gasteiger partial charge is 0.458 e. The molecule has 0 spiro atoms. The molecule has 0 unspecified atom stereocenters. The van der Waals surface area contributed by atoms with E-state index in [9.17, 15) is 0 Å². The number of benzene rings is 9. The zero-order chi connectivity index (χ0) is 36.0. The first-order valence-corrected chi connectivity index (χ1v) is 18.8. The summed E-state index contributed by atoms with van der Waals surface area (Å²) in [5.41, 5.74) is 10.1. The van der Waals surface area contributed by atoms with Crippen LogP contribution in [0, 0.1) is 0 Å². The molecule has 0 aliphatic carbocycles. The first-order chi connectivity index (χ1) is 27.3. The van der Waals surface area contributed by atoms with Gasteiger partial charge in [-0.25, -0.2) is 0 Å². The van der Waals surface area contributed by atoms with Gasteiger partial charge in [0.15, 0.2) is 0 Å². The first kappa shape index (κ1) is 30.2. The second-order valence-electron chi connectivity index (χ2n) is 14.4. The Bertz CT molecular complexity index is 3170. The first-order valence-electron chi connectivity index (χ1n) is 18.8. The van der Waals surface area contributed by atoms with Gasteiger partial charge in [-0.1, -0.05) is 121 Å². The van der Waals surface area contributed by atoms with Gasteiger partial charge in [0.25, 0.3) is 6.71 Å². The Balaban J connectivity index is 1.21. The minimum atomic E-state index is -0.0289. The van der Waals surface area contributed by atoms with Crippen molar-refractivity contribution >= 4 is 83.5 Å².